The first-order valence-electron chi connectivity index (χ1n) is 12.9. The molecule has 0 spiro atoms. The van der Waals surface area contributed by atoms with E-state index in [9.17, 15) is 24.0 Å². The molecule has 1 aromatic rings. The summed E-state index contributed by atoms with van der Waals surface area (Å²) in [5, 5.41) is 8.38. The summed E-state index contributed by atoms with van der Waals surface area (Å²) in [7, 11) is 1.48. The standard InChI is InChI=1S/C27H41N5O5/c1-17(2)23-27(37)31(6)16-22(33)29-21(15-20-11-8-7-9-12-20)25(35)28-13-10-14-32(26(36)18(3)4)19(5)24(34)30-23/h7-9,11-12,17-19,21,23H,10,13-16H2,1-6H3,(H,28,35)(H,29,33)(H,30,34)/t19-,21+,23+/m1/s1. The lowest BCUT2D eigenvalue weighted by atomic mass is 10.0. The minimum absolute atomic E-state index is 0.186. The van der Waals surface area contributed by atoms with Crippen LogP contribution in [0.3, 0.4) is 0 Å². The first-order valence-corrected chi connectivity index (χ1v) is 12.9. The lowest BCUT2D eigenvalue weighted by molar-refractivity contribution is -0.144. The third kappa shape index (κ3) is 8.58. The number of carbonyl (C=O) groups is 5. The zero-order chi connectivity index (χ0) is 27.7. The highest BCUT2D eigenvalue weighted by atomic mass is 16.2. The maximum atomic E-state index is 13.2. The van der Waals surface area contributed by atoms with E-state index < -0.39 is 35.8 Å². The van der Waals surface area contributed by atoms with E-state index in [0.29, 0.717) is 6.42 Å². The van der Waals surface area contributed by atoms with Gasteiger partial charge in [0.2, 0.25) is 29.5 Å². The Balaban J connectivity index is 2.35. The van der Waals surface area contributed by atoms with Crippen molar-refractivity contribution >= 4 is 29.5 Å². The minimum Gasteiger partial charge on any atom is -0.354 e. The molecule has 3 N–H and O–H groups in total. The maximum absolute atomic E-state index is 13.2. The first kappa shape index (κ1) is 29.8. The topological polar surface area (TPSA) is 128 Å². The highest BCUT2D eigenvalue weighted by Gasteiger charge is 2.33. The molecule has 1 aliphatic heterocycles. The third-order valence-electron chi connectivity index (χ3n) is 6.42. The Morgan fingerprint density at radius 1 is 1.00 bits per heavy atom. The molecular weight excluding hydrogens is 474 g/mol. The maximum Gasteiger partial charge on any atom is 0.245 e. The molecular formula is C27H41N5O5. The van der Waals surface area contributed by atoms with Gasteiger partial charge in [0.05, 0.1) is 6.54 Å². The van der Waals surface area contributed by atoms with E-state index >= 15 is 0 Å². The van der Waals surface area contributed by atoms with Crippen LogP contribution in [0.2, 0.25) is 0 Å². The molecule has 37 heavy (non-hydrogen) atoms. The monoisotopic (exact) mass is 515 g/mol. The van der Waals surface area contributed by atoms with Crippen LogP contribution in [0.1, 0.15) is 46.6 Å². The van der Waals surface area contributed by atoms with Gasteiger partial charge in [0.1, 0.15) is 18.1 Å². The Morgan fingerprint density at radius 2 is 1.65 bits per heavy atom. The van der Waals surface area contributed by atoms with Gasteiger partial charge in [-0.15, -0.1) is 0 Å². The van der Waals surface area contributed by atoms with Gasteiger partial charge in [0.25, 0.3) is 0 Å². The lowest BCUT2D eigenvalue weighted by Crippen LogP contribution is -2.58. The fourth-order valence-electron chi connectivity index (χ4n) is 4.17. The molecule has 0 aliphatic carbocycles. The second-order valence-corrected chi connectivity index (χ2v) is 10.2. The van der Waals surface area contributed by atoms with E-state index in [1.165, 1.54) is 16.8 Å². The van der Waals surface area contributed by atoms with E-state index in [4.69, 9.17) is 0 Å². The van der Waals surface area contributed by atoms with Gasteiger partial charge in [-0.25, -0.2) is 0 Å². The average molecular weight is 516 g/mol. The van der Waals surface area contributed by atoms with Crippen molar-refractivity contribution in [1.82, 2.24) is 25.8 Å². The highest BCUT2D eigenvalue weighted by Crippen LogP contribution is 2.12. The Kier molecular flexibility index (Phi) is 11.1. The van der Waals surface area contributed by atoms with Gasteiger partial charge >= 0.3 is 0 Å². The average Bonchev–Trinajstić information content (AvgIpc) is 2.85. The van der Waals surface area contributed by atoms with Crippen molar-refractivity contribution in [3.05, 3.63) is 35.9 Å². The Bertz CT molecular complexity index is 965. The first-order chi connectivity index (χ1) is 17.4. The molecule has 0 saturated carbocycles. The van der Waals surface area contributed by atoms with Crippen LogP contribution >= 0.6 is 0 Å². The predicted molar refractivity (Wildman–Crippen MR) is 140 cm³/mol. The number of nitrogens with zero attached hydrogens (tertiary/aromatic N) is 2. The van der Waals surface area contributed by atoms with Crippen molar-refractivity contribution in [2.45, 2.75) is 65.6 Å². The Labute approximate surface area is 219 Å². The Hall–Kier alpha value is -3.43. The van der Waals surface area contributed by atoms with Crippen LogP contribution in [0.4, 0.5) is 0 Å². The van der Waals surface area contributed by atoms with Gasteiger partial charge in [0, 0.05) is 32.5 Å². The van der Waals surface area contributed by atoms with Gasteiger partial charge < -0.3 is 25.8 Å². The summed E-state index contributed by atoms with van der Waals surface area (Å²) in [6.07, 6.45) is 0.707. The molecule has 1 aromatic carbocycles. The fourth-order valence-corrected chi connectivity index (χ4v) is 4.17. The molecule has 0 radical (unpaired) electrons. The molecule has 10 heteroatoms. The fraction of sp³-hybridized carbons (Fsp3) is 0.593. The van der Waals surface area contributed by atoms with Crippen LogP contribution < -0.4 is 16.0 Å². The van der Waals surface area contributed by atoms with E-state index in [2.05, 4.69) is 16.0 Å². The molecule has 204 valence electrons. The summed E-state index contributed by atoms with van der Waals surface area (Å²) in [6, 6.07) is 6.82. The molecule has 0 bridgehead atoms. The zero-order valence-corrected chi connectivity index (χ0v) is 22.7. The number of hydrogen-bond donors (Lipinski definition) is 3. The highest BCUT2D eigenvalue weighted by molar-refractivity contribution is 5.94. The van der Waals surface area contributed by atoms with Crippen LogP contribution in [0.25, 0.3) is 0 Å². The molecule has 1 fully saturated rings. The molecule has 1 heterocycles. The third-order valence-corrected chi connectivity index (χ3v) is 6.42. The van der Waals surface area contributed by atoms with Crippen LogP contribution in [0.15, 0.2) is 30.3 Å². The van der Waals surface area contributed by atoms with Crippen molar-refractivity contribution < 1.29 is 24.0 Å². The number of likely N-dealkylation sites (N-methyl/N-ethyl adjacent to an activating group) is 1. The van der Waals surface area contributed by atoms with Gasteiger partial charge in [-0.1, -0.05) is 58.0 Å². The quantitative estimate of drug-likeness (QED) is 0.544. The Morgan fingerprint density at radius 3 is 2.24 bits per heavy atom. The summed E-state index contributed by atoms with van der Waals surface area (Å²) < 4.78 is 0. The number of benzene rings is 1. The molecule has 3 atom stereocenters. The van der Waals surface area contributed by atoms with Gasteiger partial charge in [-0.05, 0) is 24.8 Å². The summed E-state index contributed by atoms with van der Waals surface area (Å²) in [4.78, 5) is 67.8. The largest absolute Gasteiger partial charge is 0.354 e. The van der Waals surface area contributed by atoms with E-state index in [0.717, 1.165) is 5.56 Å². The number of rotatable bonds is 4. The zero-order valence-electron chi connectivity index (χ0n) is 22.7. The number of hydrogen-bond acceptors (Lipinski definition) is 5. The smallest absolute Gasteiger partial charge is 0.245 e. The van der Waals surface area contributed by atoms with Crippen LogP contribution in [-0.2, 0) is 30.4 Å². The summed E-state index contributed by atoms with van der Waals surface area (Å²) >= 11 is 0. The van der Waals surface area contributed by atoms with Crippen LogP contribution in [0, 0.1) is 11.8 Å². The molecule has 5 amide bonds. The summed E-state index contributed by atoms with van der Waals surface area (Å²) in [6.45, 7) is 9.01. The van der Waals surface area contributed by atoms with Crippen molar-refractivity contribution in [2.75, 3.05) is 26.7 Å². The molecule has 0 aromatic heterocycles. The summed E-state index contributed by atoms with van der Waals surface area (Å²) in [5.74, 6) is -2.47. The number of nitrogens with one attached hydrogen (secondary N) is 3. The van der Waals surface area contributed by atoms with E-state index in [1.807, 2.05) is 30.3 Å². The van der Waals surface area contributed by atoms with E-state index in [-0.39, 0.29) is 49.7 Å². The second kappa shape index (κ2) is 13.8. The van der Waals surface area contributed by atoms with Gasteiger partial charge in [0.15, 0.2) is 0 Å². The number of amides is 5. The minimum atomic E-state index is -0.875. The second-order valence-electron chi connectivity index (χ2n) is 10.2. The van der Waals surface area contributed by atoms with Crippen molar-refractivity contribution in [3.63, 3.8) is 0 Å². The molecule has 10 nitrogen and oxygen atoms in total. The van der Waals surface area contributed by atoms with Crippen LogP contribution in [-0.4, -0.2) is 84.1 Å². The van der Waals surface area contributed by atoms with Crippen molar-refractivity contribution in [1.29, 1.82) is 0 Å². The van der Waals surface area contributed by atoms with Gasteiger partial charge in [-0.2, -0.15) is 0 Å². The van der Waals surface area contributed by atoms with Gasteiger partial charge in [-0.3, -0.25) is 24.0 Å². The SMILES string of the molecule is CC(C)C(=O)N1CCCNC(=O)[C@H](Cc2ccccc2)NC(=O)CN(C)C(=O)[C@H](C(C)C)NC(=O)[C@H]1C. The number of carbonyl (C=O) groups excluding carboxylic acids is 5. The van der Waals surface area contributed by atoms with Crippen molar-refractivity contribution in [2.24, 2.45) is 11.8 Å². The molecule has 0 unspecified atom stereocenters. The predicted octanol–water partition coefficient (Wildman–Crippen LogP) is 0.706. The lowest BCUT2D eigenvalue weighted by Gasteiger charge is -2.33. The molecule has 1 saturated heterocycles. The van der Waals surface area contributed by atoms with Crippen molar-refractivity contribution in [3.8, 4) is 0 Å². The molecule has 1 aliphatic rings. The van der Waals surface area contributed by atoms with E-state index in [1.54, 1.807) is 34.6 Å². The van der Waals surface area contributed by atoms with Crippen LogP contribution in [0.5, 0.6) is 0 Å². The summed E-state index contributed by atoms with van der Waals surface area (Å²) in [5.41, 5.74) is 0.881. The molecule has 2 rings (SSSR count). The normalized spacial score (nSPS) is 23.1.